The summed E-state index contributed by atoms with van der Waals surface area (Å²) in [4.78, 5) is 15.1. The van der Waals surface area contributed by atoms with Crippen molar-refractivity contribution in [3.8, 4) is 11.5 Å². The zero-order valence-electron chi connectivity index (χ0n) is 15.3. The lowest BCUT2D eigenvalue weighted by atomic mass is 9.81. The van der Waals surface area contributed by atoms with Crippen LogP contribution in [-0.4, -0.2) is 45.6 Å². The molecule has 1 unspecified atom stereocenters. The van der Waals surface area contributed by atoms with E-state index in [1.807, 2.05) is 30.3 Å². The van der Waals surface area contributed by atoms with Crippen LogP contribution in [0.2, 0.25) is 0 Å². The number of fused-ring (bicyclic) bond motifs is 1. The van der Waals surface area contributed by atoms with E-state index < -0.39 is 5.60 Å². The van der Waals surface area contributed by atoms with Crippen molar-refractivity contribution >= 4 is 5.78 Å². The second kappa shape index (κ2) is 6.98. The highest BCUT2D eigenvalue weighted by molar-refractivity contribution is 6.01. The predicted molar refractivity (Wildman–Crippen MR) is 102 cm³/mol. The summed E-state index contributed by atoms with van der Waals surface area (Å²) in [5.41, 5.74) is 1.51. The van der Waals surface area contributed by atoms with Gasteiger partial charge in [-0.1, -0.05) is 30.3 Å². The number of phenolic OH excluding ortho intramolecular Hbond substituents is 2. The van der Waals surface area contributed by atoms with E-state index >= 15 is 0 Å². The number of hydrogen-bond donors (Lipinski definition) is 3. The molecule has 2 aliphatic rings. The molecule has 1 atom stereocenters. The summed E-state index contributed by atoms with van der Waals surface area (Å²) in [6.45, 7) is 2.18. The summed E-state index contributed by atoms with van der Waals surface area (Å²) in [7, 11) is 0. The van der Waals surface area contributed by atoms with Crippen LogP contribution in [0.3, 0.4) is 0 Å². The number of benzene rings is 2. The summed E-state index contributed by atoms with van der Waals surface area (Å²) in [6.07, 6.45) is 2.78. The number of nitrogens with zero attached hydrogens (tertiary/aromatic N) is 1. The lowest BCUT2D eigenvalue weighted by Crippen LogP contribution is -2.45. The average Bonchev–Trinajstić information content (AvgIpc) is 2.68. The third-order valence-corrected chi connectivity index (χ3v) is 6.07. The van der Waals surface area contributed by atoms with Crippen molar-refractivity contribution in [1.29, 1.82) is 0 Å². The highest BCUT2D eigenvalue weighted by atomic mass is 16.3. The Morgan fingerprint density at radius 2 is 1.70 bits per heavy atom. The molecule has 2 aromatic carbocycles. The number of hydrogen-bond acceptors (Lipinski definition) is 5. The van der Waals surface area contributed by atoms with E-state index in [0.717, 1.165) is 37.1 Å². The number of aryl methyl sites for hydroxylation is 1. The lowest BCUT2D eigenvalue weighted by Gasteiger charge is -2.40. The van der Waals surface area contributed by atoms with Gasteiger partial charge in [-0.25, -0.2) is 0 Å². The first kappa shape index (κ1) is 18.0. The molecule has 3 N–H and O–H groups in total. The minimum atomic E-state index is -0.787. The summed E-state index contributed by atoms with van der Waals surface area (Å²) < 4.78 is 0. The maximum absolute atomic E-state index is 12.8. The number of piperidine rings is 1. The molecule has 0 bridgehead atoms. The van der Waals surface area contributed by atoms with E-state index in [-0.39, 0.29) is 23.2 Å². The van der Waals surface area contributed by atoms with Crippen LogP contribution >= 0.6 is 0 Å². The Bertz CT molecular complexity index is 841. The molecule has 1 aliphatic heterocycles. The zero-order valence-corrected chi connectivity index (χ0v) is 15.3. The number of rotatable bonds is 3. The van der Waals surface area contributed by atoms with Gasteiger partial charge < -0.3 is 20.2 Å². The zero-order chi connectivity index (χ0) is 19.0. The van der Waals surface area contributed by atoms with Crippen molar-refractivity contribution in [1.82, 2.24) is 4.90 Å². The Balaban J connectivity index is 1.41. The standard InChI is InChI=1S/C22H25NO4/c24-19-12-15-6-7-16(21(26)18(15)13-20(19)25)14-23-10-8-22(27,9-11-23)17-4-2-1-3-5-17/h1-5,12-13,16,24-25,27H,6-11,14H2. The summed E-state index contributed by atoms with van der Waals surface area (Å²) in [5, 5.41) is 30.3. The highest BCUT2D eigenvalue weighted by Crippen LogP contribution is 2.36. The molecule has 0 amide bonds. The lowest BCUT2D eigenvalue weighted by molar-refractivity contribution is -0.0283. The van der Waals surface area contributed by atoms with Gasteiger partial charge in [-0.2, -0.15) is 0 Å². The first-order valence-electron chi connectivity index (χ1n) is 9.55. The van der Waals surface area contributed by atoms with Gasteiger partial charge in [0, 0.05) is 31.1 Å². The normalized spacial score (nSPS) is 22.4. The van der Waals surface area contributed by atoms with Crippen LogP contribution in [0.25, 0.3) is 0 Å². The summed E-state index contributed by atoms with van der Waals surface area (Å²) >= 11 is 0. The fourth-order valence-corrected chi connectivity index (χ4v) is 4.37. The Hall–Kier alpha value is -2.37. The maximum Gasteiger partial charge on any atom is 0.167 e. The molecule has 27 heavy (non-hydrogen) atoms. The Kier molecular flexibility index (Phi) is 4.66. The fourth-order valence-electron chi connectivity index (χ4n) is 4.37. The maximum atomic E-state index is 12.8. The Labute approximate surface area is 158 Å². The third kappa shape index (κ3) is 3.45. The van der Waals surface area contributed by atoms with Crippen LogP contribution in [0.1, 0.15) is 40.7 Å². The average molecular weight is 367 g/mol. The second-order valence-corrected chi connectivity index (χ2v) is 7.80. The van der Waals surface area contributed by atoms with Crippen molar-refractivity contribution < 1.29 is 20.1 Å². The largest absolute Gasteiger partial charge is 0.504 e. The molecule has 0 saturated carbocycles. The van der Waals surface area contributed by atoms with Gasteiger partial charge in [-0.15, -0.1) is 0 Å². The molecule has 1 aliphatic carbocycles. The van der Waals surface area contributed by atoms with Crippen molar-refractivity contribution in [3.05, 3.63) is 59.2 Å². The van der Waals surface area contributed by atoms with E-state index in [9.17, 15) is 20.1 Å². The van der Waals surface area contributed by atoms with Crippen LogP contribution in [0.4, 0.5) is 0 Å². The Morgan fingerprint density at radius 3 is 2.41 bits per heavy atom. The smallest absolute Gasteiger partial charge is 0.167 e. The van der Waals surface area contributed by atoms with Crippen LogP contribution in [0.5, 0.6) is 11.5 Å². The topological polar surface area (TPSA) is 81.0 Å². The molecular formula is C22H25NO4. The highest BCUT2D eigenvalue weighted by Gasteiger charge is 2.36. The predicted octanol–water partition coefficient (Wildman–Crippen LogP) is 2.83. The SMILES string of the molecule is O=C1c2cc(O)c(O)cc2CCC1CN1CCC(O)(c2ccccc2)CC1. The fraction of sp³-hybridized carbons (Fsp3) is 0.409. The molecule has 4 rings (SSSR count). The monoisotopic (exact) mass is 367 g/mol. The number of Topliss-reactive ketones (excluding diaryl/α,β-unsaturated/α-hetero) is 1. The van der Waals surface area contributed by atoms with Crippen LogP contribution in [0.15, 0.2) is 42.5 Å². The van der Waals surface area contributed by atoms with Gasteiger partial charge in [0.1, 0.15) is 0 Å². The van der Waals surface area contributed by atoms with E-state index in [0.29, 0.717) is 24.9 Å². The van der Waals surface area contributed by atoms with E-state index in [4.69, 9.17) is 0 Å². The van der Waals surface area contributed by atoms with Crippen molar-refractivity contribution in [3.63, 3.8) is 0 Å². The first-order valence-corrected chi connectivity index (χ1v) is 9.55. The minimum Gasteiger partial charge on any atom is -0.504 e. The first-order chi connectivity index (χ1) is 13.0. The minimum absolute atomic E-state index is 0.0374. The number of carbonyl (C=O) groups is 1. The molecule has 0 radical (unpaired) electrons. The van der Waals surface area contributed by atoms with Gasteiger partial charge in [-0.3, -0.25) is 4.79 Å². The number of aliphatic hydroxyl groups is 1. The van der Waals surface area contributed by atoms with Crippen LogP contribution in [-0.2, 0) is 12.0 Å². The molecule has 0 aromatic heterocycles. The van der Waals surface area contributed by atoms with E-state index in [2.05, 4.69) is 4.90 Å². The van der Waals surface area contributed by atoms with Gasteiger partial charge in [-0.05, 0) is 48.9 Å². The molecule has 1 fully saturated rings. The van der Waals surface area contributed by atoms with Crippen LogP contribution in [0, 0.1) is 5.92 Å². The number of likely N-dealkylation sites (tertiary alicyclic amines) is 1. The second-order valence-electron chi connectivity index (χ2n) is 7.80. The van der Waals surface area contributed by atoms with Crippen molar-refractivity contribution in [2.45, 2.75) is 31.3 Å². The van der Waals surface area contributed by atoms with E-state index in [1.165, 1.54) is 12.1 Å². The molecule has 5 heteroatoms. The number of ketones is 1. The summed E-state index contributed by atoms with van der Waals surface area (Å²) in [5.74, 6) is -0.482. The molecule has 0 spiro atoms. The van der Waals surface area contributed by atoms with Crippen molar-refractivity contribution in [2.75, 3.05) is 19.6 Å². The quantitative estimate of drug-likeness (QED) is 0.727. The summed E-state index contributed by atoms with van der Waals surface area (Å²) in [6, 6.07) is 12.7. The van der Waals surface area contributed by atoms with E-state index in [1.54, 1.807) is 0 Å². The van der Waals surface area contributed by atoms with Gasteiger partial charge >= 0.3 is 0 Å². The van der Waals surface area contributed by atoms with Gasteiger partial charge in [0.2, 0.25) is 0 Å². The number of phenols is 2. The van der Waals surface area contributed by atoms with Crippen LogP contribution < -0.4 is 0 Å². The molecule has 5 nitrogen and oxygen atoms in total. The third-order valence-electron chi connectivity index (χ3n) is 6.07. The number of aromatic hydroxyl groups is 2. The van der Waals surface area contributed by atoms with Gasteiger partial charge in [0.25, 0.3) is 0 Å². The molecule has 1 heterocycles. The molecule has 142 valence electrons. The molecule has 2 aromatic rings. The Morgan fingerprint density at radius 1 is 1.04 bits per heavy atom. The molecule has 1 saturated heterocycles. The van der Waals surface area contributed by atoms with Crippen molar-refractivity contribution in [2.24, 2.45) is 5.92 Å². The van der Waals surface area contributed by atoms with Gasteiger partial charge in [0.05, 0.1) is 5.60 Å². The molecular weight excluding hydrogens is 342 g/mol. The number of carbonyl (C=O) groups excluding carboxylic acids is 1. The van der Waals surface area contributed by atoms with Gasteiger partial charge in [0.15, 0.2) is 17.3 Å².